The average Bonchev–Trinajstić information content (AvgIpc) is 3.36. The highest BCUT2D eigenvalue weighted by Gasteiger charge is 2.75. The molecule has 2 N–H and O–H groups in total. The lowest BCUT2D eigenvalue weighted by Crippen LogP contribution is -2.59. The third kappa shape index (κ3) is 3.89. The Labute approximate surface area is 184 Å². The van der Waals surface area contributed by atoms with Crippen LogP contribution in [0.1, 0.15) is 52.9 Å². The standard InChI is InChI=1S/C23H36N2O6/c1-5-7-11-24(10-6-2)21(28)19-23-9-8-16(31-23)17(22(29)30)18(23)20(27)25(19)15(13-26)12-14(3)4/h6,14-19,26H,2,5,7-13H2,1,3-4H3,(H,29,30)/t15-,16+,17-,18-,19+,23-/m1/s1. The lowest BCUT2D eigenvalue weighted by atomic mass is 9.70. The van der Waals surface area contributed by atoms with Crippen LogP contribution in [-0.4, -0.2) is 81.3 Å². The van der Waals surface area contributed by atoms with E-state index in [2.05, 4.69) is 6.58 Å². The summed E-state index contributed by atoms with van der Waals surface area (Å²) < 4.78 is 6.23. The lowest BCUT2D eigenvalue weighted by molar-refractivity contribution is -0.153. The molecule has 0 radical (unpaired) electrons. The molecule has 0 saturated carbocycles. The van der Waals surface area contributed by atoms with Gasteiger partial charge in [0.05, 0.1) is 30.6 Å². The summed E-state index contributed by atoms with van der Waals surface area (Å²) in [4.78, 5) is 42.8. The molecule has 3 aliphatic rings. The van der Waals surface area contributed by atoms with Gasteiger partial charge in [0, 0.05) is 13.1 Å². The van der Waals surface area contributed by atoms with Crippen LogP contribution in [0.4, 0.5) is 0 Å². The van der Waals surface area contributed by atoms with Gasteiger partial charge in [0.25, 0.3) is 0 Å². The zero-order valence-corrected chi connectivity index (χ0v) is 18.8. The molecular formula is C23H36N2O6. The van der Waals surface area contributed by atoms with Gasteiger partial charge in [-0.25, -0.2) is 0 Å². The van der Waals surface area contributed by atoms with Crippen LogP contribution in [0.25, 0.3) is 0 Å². The SMILES string of the molecule is C=CCN(CCCC)C(=O)[C@@H]1N([C@@H](CO)CC(C)C)C(=O)[C@H]2[C@H](C(=O)O)[C@@H]3CC[C@]12O3. The molecule has 0 aliphatic carbocycles. The quantitative estimate of drug-likeness (QED) is 0.477. The number of fused-ring (bicyclic) bond motifs is 1. The fourth-order valence-electron chi connectivity index (χ4n) is 5.83. The second-order valence-corrected chi connectivity index (χ2v) is 9.53. The molecule has 3 saturated heterocycles. The lowest BCUT2D eigenvalue weighted by Gasteiger charge is -2.39. The van der Waals surface area contributed by atoms with Crippen molar-refractivity contribution in [2.75, 3.05) is 19.7 Å². The molecule has 3 fully saturated rings. The van der Waals surface area contributed by atoms with Crippen molar-refractivity contribution >= 4 is 17.8 Å². The molecule has 2 amide bonds. The van der Waals surface area contributed by atoms with Gasteiger partial charge in [-0.2, -0.15) is 0 Å². The number of nitrogens with zero attached hydrogens (tertiary/aromatic N) is 2. The number of carboxylic acids is 1. The van der Waals surface area contributed by atoms with E-state index in [1.807, 2.05) is 20.8 Å². The second-order valence-electron chi connectivity index (χ2n) is 9.53. The maximum atomic E-state index is 13.9. The highest BCUT2D eigenvalue weighted by molar-refractivity contribution is 5.98. The fourth-order valence-corrected chi connectivity index (χ4v) is 5.83. The van der Waals surface area contributed by atoms with E-state index in [4.69, 9.17) is 4.74 Å². The smallest absolute Gasteiger partial charge is 0.310 e. The number of hydrogen-bond donors (Lipinski definition) is 2. The summed E-state index contributed by atoms with van der Waals surface area (Å²) in [5.74, 6) is -3.33. The van der Waals surface area contributed by atoms with Crippen LogP contribution in [0, 0.1) is 17.8 Å². The highest BCUT2D eigenvalue weighted by Crippen LogP contribution is 2.59. The maximum absolute atomic E-state index is 13.9. The number of rotatable bonds is 11. The Bertz CT molecular complexity index is 725. The van der Waals surface area contributed by atoms with Crippen molar-refractivity contribution in [3.05, 3.63) is 12.7 Å². The molecule has 1 spiro atoms. The number of likely N-dealkylation sites (tertiary alicyclic amines) is 1. The van der Waals surface area contributed by atoms with Crippen molar-refractivity contribution in [3.63, 3.8) is 0 Å². The number of aliphatic carboxylic acids is 1. The fraction of sp³-hybridized carbons (Fsp3) is 0.783. The average molecular weight is 437 g/mol. The van der Waals surface area contributed by atoms with Gasteiger partial charge < -0.3 is 24.7 Å². The van der Waals surface area contributed by atoms with Crippen LogP contribution in [-0.2, 0) is 19.1 Å². The number of carbonyl (C=O) groups is 3. The van der Waals surface area contributed by atoms with Gasteiger partial charge in [0.15, 0.2) is 0 Å². The molecule has 8 heteroatoms. The Morgan fingerprint density at radius 2 is 2.13 bits per heavy atom. The molecular weight excluding hydrogens is 400 g/mol. The summed E-state index contributed by atoms with van der Waals surface area (Å²) in [5.41, 5.74) is -1.14. The van der Waals surface area contributed by atoms with Crippen LogP contribution in [0.2, 0.25) is 0 Å². The molecule has 0 aromatic heterocycles. The zero-order chi connectivity index (χ0) is 22.9. The van der Waals surface area contributed by atoms with Gasteiger partial charge in [0.2, 0.25) is 11.8 Å². The summed E-state index contributed by atoms with van der Waals surface area (Å²) in [6.45, 7) is 10.4. The van der Waals surface area contributed by atoms with E-state index in [1.54, 1.807) is 11.0 Å². The van der Waals surface area contributed by atoms with E-state index < -0.39 is 41.6 Å². The number of ether oxygens (including phenoxy) is 1. The van der Waals surface area contributed by atoms with Crippen molar-refractivity contribution in [2.45, 2.75) is 76.7 Å². The minimum atomic E-state index is -1.14. The predicted molar refractivity (Wildman–Crippen MR) is 114 cm³/mol. The van der Waals surface area contributed by atoms with Gasteiger partial charge in [0.1, 0.15) is 11.6 Å². The number of amides is 2. The van der Waals surface area contributed by atoms with E-state index >= 15 is 0 Å². The van der Waals surface area contributed by atoms with Crippen molar-refractivity contribution in [2.24, 2.45) is 17.8 Å². The van der Waals surface area contributed by atoms with Gasteiger partial charge in [-0.05, 0) is 31.6 Å². The molecule has 2 bridgehead atoms. The summed E-state index contributed by atoms with van der Waals surface area (Å²) in [5, 5.41) is 20.0. The number of carbonyl (C=O) groups excluding carboxylic acids is 2. The van der Waals surface area contributed by atoms with Crippen LogP contribution < -0.4 is 0 Å². The van der Waals surface area contributed by atoms with Crippen molar-refractivity contribution in [1.82, 2.24) is 9.80 Å². The Morgan fingerprint density at radius 3 is 2.68 bits per heavy atom. The van der Waals surface area contributed by atoms with Crippen LogP contribution in [0.3, 0.4) is 0 Å². The minimum absolute atomic E-state index is 0.190. The molecule has 3 heterocycles. The van der Waals surface area contributed by atoms with Gasteiger partial charge in [-0.1, -0.05) is 33.3 Å². The third-order valence-electron chi connectivity index (χ3n) is 7.05. The predicted octanol–water partition coefficient (Wildman–Crippen LogP) is 1.67. The Balaban J connectivity index is 2.06. The highest BCUT2D eigenvalue weighted by atomic mass is 16.5. The first-order chi connectivity index (χ1) is 14.7. The first-order valence-corrected chi connectivity index (χ1v) is 11.5. The number of unbranched alkanes of at least 4 members (excludes halogenated alkanes) is 1. The molecule has 8 nitrogen and oxygen atoms in total. The van der Waals surface area contributed by atoms with Crippen molar-refractivity contribution in [1.29, 1.82) is 0 Å². The summed E-state index contributed by atoms with van der Waals surface area (Å²) >= 11 is 0. The number of carboxylic acid groups (broad SMARTS) is 1. The van der Waals surface area contributed by atoms with E-state index in [-0.39, 0.29) is 24.3 Å². The maximum Gasteiger partial charge on any atom is 0.310 e. The first kappa shape index (κ1) is 23.7. The summed E-state index contributed by atoms with van der Waals surface area (Å²) in [6, 6.07) is -1.48. The second kappa shape index (κ2) is 9.28. The van der Waals surface area contributed by atoms with Crippen LogP contribution >= 0.6 is 0 Å². The molecule has 0 aromatic rings. The molecule has 31 heavy (non-hydrogen) atoms. The normalized spacial score (nSPS) is 32.4. The largest absolute Gasteiger partial charge is 0.481 e. The van der Waals surface area contributed by atoms with E-state index in [0.29, 0.717) is 32.4 Å². The number of hydrogen-bond acceptors (Lipinski definition) is 5. The van der Waals surface area contributed by atoms with Gasteiger partial charge in [-0.15, -0.1) is 6.58 Å². The summed E-state index contributed by atoms with van der Waals surface area (Å²) in [6.07, 6.45) is 4.34. The Hall–Kier alpha value is -1.93. The van der Waals surface area contributed by atoms with Gasteiger partial charge >= 0.3 is 5.97 Å². The van der Waals surface area contributed by atoms with Crippen LogP contribution in [0.5, 0.6) is 0 Å². The molecule has 3 rings (SSSR count). The monoisotopic (exact) mass is 436 g/mol. The number of aliphatic hydroxyl groups is 1. The van der Waals surface area contributed by atoms with Gasteiger partial charge in [-0.3, -0.25) is 14.4 Å². The summed E-state index contributed by atoms with van der Waals surface area (Å²) in [7, 11) is 0. The molecule has 0 unspecified atom stereocenters. The zero-order valence-electron chi connectivity index (χ0n) is 18.8. The Kier molecular flexibility index (Phi) is 7.11. The van der Waals surface area contributed by atoms with E-state index in [9.17, 15) is 24.6 Å². The minimum Gasteiger partial charge on any atom is -0.481 e. The van der Waals surface area contributed by atoms with Crippen LogP contribution in [0.15, 0.2) is 12.7 Å². The Morgan fingerprint density at radius 1 is 1.42 bits per heavy atom. The van der Waals surface area contributed by atoms with Crippen molar-refractivity contribution in [3.8, 4) is 0 Å². The van der Waals surface area contributed by atoms with Crippen molar-refractivity contribution < 1.29 is 29.3 Å². The molecule has 3 aliphatic heterocycles. The van der Waals surface area contributed by atoms with E-state index in [0.717, 1.165) is 12.8 Å². The molecule has 6 atom stereocenters. The third-order valence-corrected chi connectivity index (χ3v) is 7.05. The number of aliphatic hydroxyl groups excluding tert-OH is 1. The van der Waals surface area contributed by atoms with E-state index in [1.165, 1.54) is 4.90 Å². The molecule has 0 aromatic carbocycles. The topological polar surface area (TPSA) is 107 Å². The molecule has 174 valence electrons. The first-order valence-electron chi connectivity index (χ1n) is 11.5.